The molecule has 0 saturated heterocycles. The smallest absolute Gasteiger partial charge is 0.0523 e. The van der Waals surface area contributed by atoms with E-state index in [1.807, 2.05) is 6.07 Å². The Bertz CT molecular complexity index is 329. The lowest BCUT2D eigenvalue weighted by atomic mass is 9.84. The molecule has 16 heavy (non-hydrogen) atoms. The maximum absolute atomic E-state index is 9.48. The Kier molecular flexibility index (Phi) is 4.36. The van der Waals surface area contributed by atoms with Gasteiger partial charge in [-0.1, -0.05) is 32.0 Å². The SMILES string of the molecule is CCN(CC)c1ccccc1C(C)(C)CO. The van der Waals surface area contributed by atoms with Crippen LogP contribution in [0.5, 0.6) is 0 Å². The van der Waals surface area contributed by atoms with Crippen molar-refractivity contribution in [3.8, 4) is 0 Å². The minimum absolute atomic E-state index is 0.172. The van der Waals surface area contributed by atoms with Crippen LogP contribution < -0.4 is 4.90 Å². The van der Waals surface area contributed by atoms with Gasteiger partial charge in [0.05, 0.1) is 6.61 Å². The van der Waals surface area contributed by atoms with Gasteiger partial charge in [0.25, 0.3) is 0 Å². The van der Waals surface area contributed by atoms with Gasteiger partial charge in [0.1, 0.15) is 0 Å². The fourth-order valence-electron chi connectivity index (χ4n) is 1.97. The van der Waals surface area contributed by atoms with Gasteiger partial charge in [-0.2, -0.15) is 0 Å². The lowest BCUT2D eigenvalue weighted by molar-refractivity contribution is 0.218. The van der Waals surface area contributed by atoms with E-state index in [-0.39, 0.29) is 12.0 Å². The molecule has 1 aromatic rings. The third kappa shape index (κ3) is 2.56. The van der Waals surface area contributed by atoms with Gasteiger partial charge in [0.15, 0.2) is 0 Å². The number of rotatable bonds is 5. The van der Waals surface area contributed by atoms with Gasteiger partial charge >= 0.3 is 0 Å². The molecule has 0 bridgehead atoms. The molecule has 0 fully saturated rings. The van der Waals surface area contributed by atoms with Crippen molar-refractivity contribution in [2.45, 2.75) is 33.1 Å². The van der Waals surface area contributed by atoms with E-state index in [9.17, 15) is 5.11 Å². The third-order valence-electron chi connectivity index (χ3n) is 3.13. The van der Waals surface area contributed by atoms with E-state index in [0.717, 1.165) is 13.1 Å². The minimum Gasteiger partial charge on any atom is -0.395 e. The molecule has 0 aliphatic rings. The topological polar surface area (TPSA) is 23.5 Å². The summed E-state index contributed by atoms with van der Waals surface area (Å²) in [6.45, 7) is 10.6. The fraction of sp³-hybridized carbons (Fsp3) is 0.571. The third-order valence-corrected chi connectivity index (χ3v) is 3.13. The van der Waals surface area contributed by atoms with Crippen molar-refractivity contribution in [3.05, 3.63) is 29.8 Å². The van der Waals surface area contributed by atoms with Gasteiger partial charge in [-0.25, -0.2) is 0 Å². The highest BCUT2D eigenvalue weighted by Crippen LogP contribution is 2.31. The summed E-state index contributed by atoms with van der Waals surface area (Å²) in [6.07, 6.45) is 0. The minimum atomic E-state index is -0.181. The lowest BCUT2D eigenvalue weighted by Crippen LogP contribution is -2.29. The first kappa shape index (κ1) is 13.0. The lowest BCUT2D eigenvalue weighted by Gasteiger charge is -2.31. The molecule has 0 radical (unpaired) electrons. The van der Waals surface area contributed by atoms with E-state index in [1.165, 1.54) is 11.3 Å². The first-order valence-electron chi connectivity index (χ1n) is 6.02. The molecule has 2 nitrogen and oxygen atoms in total. The first-order chi connectivity index (χ1) is 7.56. The second kappa shape index (κ2) is 5.35. The second-order valence-corrected chi connectivity index (χ2v) is 4.73. The summed E-state index contributed by atoms with van der Waals surface area (Å²) in [5.41, 5.74) is 2.28. The van der Waals surface area contributed by atoms with Crippen LogP contribution in [0.2, 0.25) is 0 Å². The number of para-hydroxylation sites is 1. The number of nitrogens with zero attached hydrogens (tertiary/aromatic N) is 1. The highest BCUT2D eigenvalue weighted by molar-refractivity contribution is 5.56. The highest BCUT2D eigenvalue weighted by atomic mass is 16.3. The molecule has 90 valence electrons. The Morgan fingerprint density at radius 3 is 2.19 bits per heavy atom. The maximum atomic E-state index is 9.48. The van der Waals surface area contributed by atoms with Crippen LogP contribution in [0, 0.1) is 0 Å². The Labute approximate surface area is 98.9 Å². The average Bonchev–Trinajstić information content (AvgIpc) is 2.31. The van der Waals surface area contributed by atoms with E-state index in [1.54, 1.807) is 0 Å². The molecular formula is C14H23NO. The van der Waals surface area contributed by atoms with Crippen molar-refractivity contribution < 1.29 is 5.11 Å². The molecule has 0 amide bonds. The Hall–Kier alpha value is -1.02. The molecule has 0 aliphatic carbocycles. The van der Waals surface area contributed by atoms with Gasteiger partial charge < -0.3 is 10.0 Å². The van der Waals surface area contributed by atoms with Gasteiger partial charge in [-0.3, -0.25) is 0 Å². The number of aliphatic hydroxyl groups excluding tert-OH is 1. The van der Waals surface area contributed by atoms with Crippen LogP contribution in [0.4, 0.5) is 5.69 Å². The van der Waals surface area contributed by atoms with Gasteiger partial charge in [0, 0.05) is 24.2 Å². The van der Waals surface area contributed by atoms with E-state index in [2.05, 4.69) is 50.8 Å². The van der Waals surface area contributed by atoms with Crippen LogP contribution in [0.3, 0.4) is 0 Å². The highest BCUT2D eigenvalue weighted by Gasteiger charge is 2.23. The summed E-state index contributed by atoms with van der Waals surface area (Å²) in [6, 6.07) is 8.36. The Morgan fingerprint density at radius 1 is 1.12 bits per heavy atom. The largest absolute Gasteiger partial charge is 0.395 e. The monoisotopic (exact) mass is 221 g/mol. The molecule has 0 atom stereocenters. The van der Waals surface area contributed by atoms with Crippen molar-refractivity contribution in [3.63, 3.8) is 0 Å². The number of benzene rings is 1. The fourth-order valence-corrected chi connectivity index (χ4v) is 1.97. The van der Waals surface area contributed by atoms with Gasteiger partial charge in [-0.05, 0) is 25.5 Å². The molecule has 1 aromatic carbocycles. The van der Waals surface area contributed by atoms with Crippen molar-refractivity contribution in [1.82, 2.24) is 0 Å². The normalized spacial score (nSPS) is 11.6. The van der Waals surface area contributed by atoms with Crippen LogP contribution in [-0.4, -0.2) is 24.8 Å². The van der Waals surface area contributed by atoms with E-state index < -0.39 is 0 Å². The number of aliphatic hydroxyl groups is 1. The predicted molar refractivity (Wildman–Crippen MR) is 70.1 cm³/mol. The van der Waals surface area contributed by atoms with E-state index in [0.29, 0.717) is 0 Å². The molecule has 0 unspecified atom stereocenters. The summed E-state index contributed by atoms with van der Waals surface area (Å²) >= 11 is 0. The molecule has 1 rings (SSSR count). The molecule has 1 N–H and O–H groups in total. The van der Waals surface area contributed by atoms with E-state index in [4.69, 9.17) is 0 Å². The van der Waals surface area contributed by atoms with Crippen molar-refractivity contribution >= 4 is 5.69 Å². The van der Waals surface area contributed by atoms with E-state index >= 15 is 0 Å². The molecular weight excluding hydrogens is 198 g/mol. The van der Waals surface area contributed by atoms with Crippen molar-refractivity contribution in [2.24, 2.45) is 0 Å². The van der Waals surface area contributed by atoms with Crippen LogP contribution in [-0.2, 0) is 5.41 Å². The van der Waals surface area contributed by atoms with Gasteiger partial charge in [0.2, 0.25) is 0 Å². The molecule has 2 heteroatoms. The van der Waals surface area contributed by atoms with Crippen molar-refractivity contribution in [2.75, 3.05) is 24.6 Å². The zero-order valence-electron chi connectivity index (χ0n) is 10.8. The first-order valence-corrected chi connectivity index (χ1v) is 6.02. The van der Waals surface area contributed by atoms with Crippen LogP contribution in [0.25, 0.3) is 0 Å². The zero-order valence-corrected chi connectivity index (χ0v) is 10.8. The Balaban J connectivity index is 3.19. The molecule has 0 spiro atoms. The van der Waals surface area contributed by atoms with Gasteiger partial charge in [-0.15, -0.1) is 0 Å². The van der Waals surface area contributed by atoms with Crippen LogP contribution in [0.15, 0.2) is 24.3 Å². The number of anilines is 1. The zero-order chi connectivity index (χ0) is 12.2. The predicted octanol–water partition coefficient (Wildman–Crippen LogP) is 2.80. The van der Waals surface area contributed by atoms with Crippen molar-refractivity contribution in [1.29, 1.82) is 0 Å². The van der Waals surface area contributed by atoms with Crippen LogP contribution in [0.1, 0.15) is 33.3 Å². The number of hydrogen-bond acceptors (Lipinski definition) is 2. The summed E-state index contributed by atoms with van der Waals surface area (Å²) in [4.78, 5) is 2.33. The maximum Gasteiger partial charge on any atom is 0.0523 e. The van der Waals surface area contributed by atoms with Crippen LogP contribution >= 0.6 is 0 Å². The summed E-state index contributed by atoms with van der Waals surface area (Å²) in [5.74, 6) is 0. The molecule has 0 heterocycles. The molecule has 0 aliphatic heterocycles. The summed E-state index contributed by atoms with van der Waals surface area (Å²) in [5, 5.41) is 9.48. The second-order valence-electron chi connectivity index (χ2n) is 4.73. The standard InChI is InChI=1S/C14H23NO/c1-5-15(6-2)13-10-8-7-9-12(13)14(3,4)11-16/h7-10,16H,5-6,11H2,1-4H3. The molecule has 0 aromatic heterocycles. The number of hydrogen-bond donors (Lipinski definition) is 1. The quantitative estimate of drug-likeness (QED) is 0.826. The summed E-state index contributed by atoms with van der Waals surface area (Å²) < 4.78 is 0. The summed E-state index contributed by atoms with van der Waals surface area (Å²) in [7, 11) is 0. The average molecular weight is 221 g/mol. The molecule has 0 saturated carbocycles. The Morgan fingerprint density at radius 2 is 1.69 bits per heavy atom.